The van der Waals surface area contributed by atoms with Crippen molar-refractivity contribution in [2.75, 3.05) is 18.8 Å². The number of carbonyl (C=O) groups excluding carboxylic acids is 1. The number of nitrogens with zero attached hydrogens (tertiary/aromatic N) is 4. The molecular weight excluding hydrogens is 530 g/mol. The Labute approximate surface area is 218 Å². The van der Waals surface area contributed by atoms with Gasteiger partial charge < -0.3 is 37.6 Å². The molecule has 14 heteroatoms. The van der Waals surface area contributed by atoms with Crippen LogP contribution in [0, 0.1) is 0 Å². The van der Waals surface area contributed by atoms with Crippen LogP contribution in [0.3, 0.4) is 0 Å². The van der Waals surface area contributed by atoms with Crippen LogP contribution < -0.4 is 21.5 Å². The van der Waals surface area contributed by atoms with Crippen LogP contribution in [-0.4, -0.2) is 52.5 Å². The Hall–Kier alpha value is -2.77. The number of amides is 1. The van der Waals surface area contributed by atoms with Crippen LogP contribution in [-0.2, 0) is 32.7 Å². The molecule has 0 aliphatic carbocycles. The molecule has 0 spiro atoms. The Balaban J connectivity index is 0.00000408. The SMILES string of the molecule is [N-]=C/C(=C(/[NH-])NC(=O)c1nc(-c2ccccc2OC(F)(F)F)cnc1N)N1CCCC(N)C1.[Y]. The summed E-state index contributed by atoms with van der Waals surface area (Å²) in [5, 5.41) is 11.9. The first-order valence-electron chi connectivity index (χ1n) is 9.82. The number of alkyl halides is 3. The summed E-state index contributed by atoms with van der Waals surface area (Å²) in [6.45, 7) is 0.920. The van der Waals surface area contributed by atoms with Gasteiger partial charge in [0, 0.05) is 63.1 Å². The first-order chi connectivity index (χ1) is 15.6. The predicted molar refractivity (Wildman–Crippen MR) is 116 cm³/mol. The molecule has 10 nitrogen and oxygen atoms in total. The topological polar surface area (TPSA) is 165 Å². The number of piperidine rings is 1. The molecule has 1 aliphatic rings. The number of para-hydroxylation sites is 1. The summed E-state index contributed by atoms with van der Waals surface area (Å²) < 4.78 is 42.2. The van der Waals surface area contributed by atoms with Gasteiger partial charge in [0.1, 0.15) is 11.4 Å². The van der Waals surface area contributed by atoms with Gasteiger partial charge in [-0.25, -0.2) is 9.97 Å². The monoisotopic (exact) mass is 551 g/mol. The number of nitrogen functional groups attached to an aromatic ring is 1. The fourth-order valence-electron chi connectivity index (χ4n) is 3.36. The molecule has 1 aromatic carbocycles. The van der Waals surface area contributed by atoms with E-state index >= 15 is 0 Å². The fraction of sp³-hybridized carbons (Fsp3) is 0.300. The predicted octanol–water partition coefficient (Wildman–Crippen LogP) is 2.64. The smallest absolute Gasteiger partial charge is 0.573 e. The quantitative estimate of drug-likeness (QED) is 0.464. The second kappa shape index (κ2) is 11.6. The maximum absolute atomic E-state index is 12.7. The minimum atomic E-state index is -4.93. The first kappa shape index (κ1) is 27.5. The van der Waals surface area contributed by atoms with Crippen molar-refractivity contribution < 1.29 is 55.4 Å². The van der Waals surface area contributed by atoms with Gasteiger partial charge in [0.05, 0.1) is 11.9 Å². The Bertz CT molecular complexity index is 1080. The summed E-state index contributed by atoms with van der Waals surface area (Å²) in [5.74, 6) is -2.19. The van der Waals surface area contributed by atoms with E-state index in [1.807, 2.05) is 0 Å². The molecule has 2 aromatic rings. The van der Waals surface area contributed by atoms with Gasteiger partial charge >= 0.3 is 6.36 Å². The molecule has 6 N–H and O–H groups in total. The molecule has 1 aliphatic heterocycles. The summed E-state index contributed by atoms with van der Waals surface area (Å²) in [7, 11) is 0. The van der Waals surface area contributed by atoms with Crippen LogP contribution in [0.15, 0.2) is 42.0 Å². The maximum Gasteiger partial charge on any atom is 0.573 e. The van der Waals surface area contributed by atoms with E-state index in [0.717, 1.165) is 25.1 Å². The van der Waals surface area contributed by atoms with Crippen molar-refractivity contribution in [2.24, 2.45) is 5.73 Å². The third-order valence-electron chi connectivity index (χ3n) is 4.82. The third-order valence-corrected chi connectivity index (χ3v) is 4.82. The summed E-state index contributed by atoms with van der Waals surface area (Å²) >= 11 is 0. The number of aromatic nitrogens is 2. The summed E-state index contributed by atoms with van der Waals surface area (Å²) in [6.07, 6.45) is -1.59. The molecule has 1 unspecified atom stereocenters. The van der Waals surface area contributed by atoms with E-state index in [4.69, 9.17) is 17.2 Å². The number of nitrogens with one attached hydrogen (secondary N) is 2. The number of hydrogen-bond donors (Lipinski definition) is 3. The van der Waals surface area contributed by atoms with Crippen LogP contribution in [0.5, 0.6) is 5.75 Å². The van der Waals surface area contributed by atoms with Crippen molar-refractivity contribution in [3.63, 3.8) is 0 Å². The van der Waals surface area contributed by atoms with Gasteiger partial charge in [-0.1, -0.05) is 12.1 Å². The van der Waals surface area contributed by atoms with Crippen molar-refractivity contribution >= 4 is 17.9 Å². The van der Waals surface area contributed by atoms with Crippen LogP contribution in [0.1, 0.15) is 23.3 Å². The van der Waals surface area contributed by atoms with Gasteiger partial charge in [-0.2, -0.15) is 6.21 Å². The van der Waals surface area contributed by atoms with Gasteiger partial charge in [-0.05, 0) is 30.8 Å². The van der Waals surface area contributed by atoms with Crippen LogP contribution >= 0.6 is 0 Å². The number of likely N-dealkylation sites (tertiary alicyclic amines) is 1. The molecule has 3 rings (SSSR count). The van der Waals surface area contributed by atoms with Gasteiger partial charge in [0.2, 0.25) is 0 Å². The van der Waals surface area contributed by atoms with E-state index in [1.165, 1.54) is 18.2 Å². The van der Waals surface area contributed by atoms with Gasteiger partial charge in [0.15, 0.2) is 11.7 Å². The largest absolute Gasteiger partial charge is 0.809 e. The van der Waals surface area contributed by atoms with Crippen molar-refractivity contribution in [1.82, 2.24) is 20.2 Å². The van der Waals surface area contributed by atoms with Crippen LogP contribution in [0.2, 0.25) is 0 Å². The number of hydrogen-bond acceptors (Lipinski definition) is 7. The number of rotatable bonds is 6. The second-order valence-corrected chi connectivity index (χ2v) is 7.22. The molecular formula is C20H21F3N8O2Y-2. The number of carbonyl (C=O) groups is 1. The average molecular weight is 551 g/mol. The van der Waals surface area contributed by atoms with Gasteiger partial charge in [-0.15, -0.1) is 13.2 Å². The zero-order valence-corrected chi connectivity index (χ0v) is 20.7. The average Bonchev–Trinajstić information content (AvgIpc) is 2.74. The summed E-state index contributed by atoms with van der Waals surface area (Å²) in [4.78, 5) is 22.3. The molecule has 2 heterocycles. The van der Waals surface area contributed by atoms with Crippen molar-refractivity contribution in [2.45, 2.75) is 25.2 Å². The van der Waals surface area contributed by atoms with Crippen molar-refractivity contribution in [3.05, 3.63) is 58.8 Å². The van der Waals surface area contributed by atoms with Crippen molar-refractivity contribution in [1.29, 1.82) is 0 Å². The molecule has 34 heavy (non-hydrogen) atoms. The molecule has 0 bridgehead atoms. The molecule has 1 radical (unpaired) electrons. The normalized spacial score (nSPS) is 16.7. The van der Waals surface area contributed by atoms with E-state index < -0.39 is 29.5 Å². The number of benzene rings is 1. The Morgan fingerprint density at radius 3 is 2.71 bits per heavy atom. The van der Waals surface area contributed by atoms with Crippen LogP contribution in [0.25, 0.3) is 22.4 Å². The fourth-order valence-corrected chi connectivity index (χ4v) is 3.36. The molecule has 1 aromatic heterocycles. The van der Waals surface area contributed by atoms with Crippen molar-refractivity contribution in [3.8, 4) is 17.0 Å². The van der Waals surface area contributed by atoms with Gasteiger partial charge in [0.25, 0.3) is 0 Å². The van der Waals surface area contributed by atoms with E-state index in [2.05, 4.69) is 20.0 Å². The number of allylic oxidation sites excluding steroid dienone is 1. The van der Waals surface area contributed by atoms with E-state index in [9.17, 15) is 23.4 Å². The van der Waals surface area contributed by atoms with E-state index in [1.54, 1.807) is 4.90 Å². The molecule has 179 valence electrons. The minimum Gasteiger partial charge on any atom is -0.809 e. The summed E-state index contributed by atoms with van der Waals surface area (Å²) in [6, 6.07) is 5.08. The molecule has 0 saturated carbocycles. The Kier molecular flexibility index (Phi) is 9.36. The standard InChI is InChI=1S/C20H22F3N8O2.Y/c21-20(22,23)33-15-6-2-1-5-12(15)13-9-28-18(27)16(29-13)19(32)30-17(26)14(8-24)31-7-3-4-11(25)10-31;/h1-2,5-6,8-9,11H,3-4,7,10,25H2,(H5-,24,26,27,28,30,32);/q-1;/p-1. The van der Waals surface area contributed by atoms with E-state index in [-0.39, 0.29) is 61.5 Å². The Morgan fingerprint density at radius 2 is 2.06 bits per heavy atom. The molecule has 1 fully saturated rings. The number of halogens is 3. The number of anilines is 1. The van der Waals surface area contributed by atoms with E-state index in [0.29, 0.717) is 19.3 Å². The molecule has 1 atom stereocenters. The summed E-state index contributed by atoms with van der Waals surface area (Å²) in [5.41, 5.74) is 19.3. The van der Waals surface area contributed by atoms with Gasteiger partial charge in [-0.3, -0.25) is 4.79 Å². The number of nitrogens with two attached hydrogens (primary N) is 2. The molecule has 1 saturated heterocycles. The Morgan fingerprint density at radius 1 is 1.35 bits per heavy atom. The third kappa shape index (κ3) is 6.87. The first-order valence-corrected chi connectivity index (χ1v) is 9.82. The number of ether oxygens (including phenoxy) is 1. The zero-order chi connectivity index (χ0) is 24.2. The second-order valence-electron chi connectivity index (χ2n) is 7.22. The maximum atomic E-state index is 12.7. The molecule has 1 amide bonds. The minimum absolute atomic E-state index is 0. The van der Waals surface area contributed by atoms with Crippen LogP contribution in [0.4, 0.5) is 19.0 Å². The zero-order valence-electron chi connectivity index (χ0n) is 17.8.